The molecule has 0 aliphatic carbocycles. The summed E-state index contributed by atoms with van der Waals surface area (Å²) in [6, 6.07) is 12.7. The summed E-state index contributed by atoms with van der Waals surface area (Å²) in [4.78, 5) is 40.5. The summed E-state index contributed by atoms with van der Waals surface area (Å²) in [5, 5.41) is 11.0. The van der Waals surface area contributed by atoms with Gasteiger partial charge in [-0.3, -0.25) is 19.7 Å². The molecule has 3 aromatic rings. The van der Waals surface area contributed by atoms with E-state index in [0.717, 1.165) is 11.6 Å². The number of hydrogen-bond acceptors (Lipinski definition) is 8. The number of halogens is 1. The van der Waals surface area contributed by atoms with Gasteiger partial charge in [-0.15, -0.1) is 0 Å². The van der Waals surface area contributed by atoms with E-state index in [4.69, 9.17) is 30.2 Å². The van der Waals surface area contributed by atoms with E-state index in [9.17, 15) is 19.7 Å². The van der Waals surface area contributed by atoms with Crippen molar-refractivity contribution in [2.45, 2.75) is 19.4 Å². The molecule has 0 radical (unpaired) electrons. The van der Waals surface area contributed by atoms with Crippen LogP contribution in [-0.4, -0.2) is 74.1 Å². The van der Waals surface area contributed by atoms with Crippen molar-refractivity contribution < 1.29 is 33.1 Å². The van der Waals surface area contributed by atoms with Gasteiger partial charge in [0.1, 0.15) is 12.3 Å². The summed E-state index contributed by atoms with van der Waals surface area (Å²) >= 11 is 6.23. The monoisotopic (exact) mass is 573 g/mol. The first-order chi connectivity index (χ1) is 19.3. The van der Waals surface area contributed by atoms with Gasteiger partial charge in [0.2, 0.25) is 5.91 Å². The molecule has 0 saturated carbocycles. The quantitative estimate of drug-likeness (QED) is 0.147. The highest BCUT2D eigenvalue weighted by Crippen LogP contribution is 2.28. The average molecular weight is 574 g/mol. The fourth-order valence-corrected chi connectivity index (χ4v) is 4.32. The van der Waals surface area contributed by atoms with Crippen molar-refractivity contribution in [3.8, 4) is 11.5 Å². The molecule has 0 saturated heterocycles. The summed E-state index contributed by atoms with van der Waals surface area (Å²) in [5.74, 6) is 0.961. The molecular formula is C28H32ClN3O8. The minimum absolute atomic E-state index is 0.0655. The third-order valence-corrected chi connectivity index (χ3v) is 6.49. The van der Waals surface area contributed by atoms with E-state index in [1.165, 1.54) is 23.3 Å². The zero-order valence-electron chi connectivity index (χ0n) is 22.6. The molecule has 0 atom stereocenters. The number of carbonyl (C=O) groups is 2. The van der Waals surface area contributed by atoms with Gasteiger partial charge in [0.05, 0.1) is 42.5 Å². The Morgan fingerprint density at radius 3 is 2.40 bits per heavy atom. The number of rotatable bonds is 15. The van der Waals surface area contributed by atoms with Crippen molar-refractivity contribution in [2.24, 2.45) is 0 Å². The van der Waals surface area contributed by atoms with Gasteiger partial charge in [-0.25, -0.2) is 0 Å². The fraction of sp³-hybridized carbons (Fsp3) is 0.357. The van der Waals surface area contributed by atoms with Gasteiger partial charge in [-0.05, 0) is 48.7 Å². The first-order valence-electron chi connectivity index (χ1n) is 12.5. The lowest BCUT2D eigenvalue weighted by Crippen LogP contribution is -2.44. The summed E-state index contributed by atoms with van der Waals surface area (Å²) in [5.41, 5.74) is 0.768. The normalized spacial score (nSPS) is 10.7. The number of carbonyl (C=O) groups excluding carboxylic acids is 2. The van der Waals surface area contributed by atoms with Crippen LogP contribution in [0, 0.1) is 10.1 Å². The van der Waals surface area contributed by atoms with E-state index >= 15 is 0 Å². The Bertz CT molecular complexity index is 1300. The van der Waals surface area contributed by atoms with Crippen LogP contribution < -0.4 is 9.47 Å². The number of hydrogen-bond donors (Lipinski definition) is 0. The van der Waals surface area contributed by atoms with Crippen LogP contribution in [-0.2, 0) is 22.5 Å². The fourth-order valence-electron chi connectivity index (χ4n) is 4.06. The van der Waals surface area contributed by atoms with Crippen LogP contribution >= 0.6 is 11.6 Å². The smallest absolute Gasteiger partial charge is 0.270 e. The molecule has 2 aromatic carbocycles. The molecule has 3 rings (SSSR count). The number of amides is 2. The summed E-state index contributed by atoms with van der Waals surface area (Å²) < 4.78 is 21.3. The second-order valence-electron chi connectivity index (χ2n) is 8.83. The van der Waals surface area contributed by atoms with Crippen molar-refractivity contribution in [3.05, 3.63) is 86.8 Å². The molecule has 0 aliphatic rings. The molecule has 11 nitrogen and oxygen atoms in total. The van der Waals surface area contributed by atoms with Gasteiger partial charge in [0.15, 0.2) is 11.5 Å². The molecule has 0 bridgehead atoms. The number of ether oxygens (including phenoxy) is 3. The maximum absolute atomic E-state index is 13.6. The Hall–Kier alpha value is -4.09. The standard InChI is InChI=1S/C28H32ClN3O8/c1-37-14-5-12-31(28(34)23-9-8-21(32(35)36)17-24(23)29)19-27(33)30(18-22-6-4-15-40-22)13-11-20-7-10-25(38-2)26(16-20)39-3/h4,6-10,15-17H,5,11-14,18-19H2,1-3H3. The highest BCUT2D eigenvalue weighted by atomic mass is 35.5. The van der Waals surface area contributed by atoms with Crippen molar-refractivity contribution in [3.63, 3.8) is 0 Å². The number of nitro benzene ring substituents is 1. The van der Waals surface area contributed by atoms with Gasteiger partial charge >= 0.3 is 0 Å². The van der Waals surface area contributed by atoms with Crippen LogP contribution in [0.1, 0.15) is 28.1 Å². The van der Waals surface area contributed by atoms with Gasteiger partial charge < -0.3 is 28.4 Å². The molecule has 0 N–H and O–H groups in total. The van der Waals surface area contributed by atoms with E-state index in [-0.39, 0.29) is 41.8 Å². The number of benzene rings is 2. The lowest BCUT2D eigenvalue weighted by Gasteiger charge is -2.28. The third kappa shape index (κ3) is 8.20. The van der Waals surface area contributed by atoms with Crippen molar-refractivity contribution in [1.82, 2.24) is 9.80 Å². The molecular weight excluding hydrogens is 542 g/mol. The Kier molecular flexibility index (Phi) is 11.3. The van der Waals surface area contributed by atoms with E-state index < -0.39 is 10.8 Å². The maximum Gasteiger partial charge on any atom is 0.270 e. The molecule has 2 amide bonds. The molecule has 0 fully saturated rings. The topological polar surface area (TPSA) is 125 Å². The van der Waals surface area contributed by atoms with Gasteiger partial charge in [0.25, 0.3) is 11.6 Å². The van der Waals surface area contributed by atoms with E-state index in [2.05, 4.69) is 0 Å². The summed E-state index contributed by atoms with van der Waals surface area (Å²) in [7, 11) is 4.66. The molecule has 1 heterocycles. The second-order valence-corrected chi connectivity index (χ2v) is 9.24. The Labute approximate surface area is 237 Å². The van der Waals surface area contributed by atoms with Crippen molar-refractivity contribution in [2.75, 3.05) is 47.6 Å². The maximum atomic E-state index is 13.6. The van der Waals surface area contributed by atoms with Crippen LogP contribution in [0.2, 0.25) is 5.02 Å². The third-order valence-electron chi connectivity index (χ3n) is 6.18. The second kappa shape index (κ2) is 14.9. The Morgan fingerprint density at radius 1 is 1.00 bits per heavy atom. The summed E-state index contributed by atoms with van der Waals surface area (Å²) in [6.07, 6.45) is 2.52. The van der Waals surface area contributed by atoms with E-state index in [1.807, 2.05) is 12.1 Å². The van der Waals surface area contributed by atoms with Crippen molar-refractivity contribution >= 4 is 29.1 Å². The Morgan fingerprint density at radius 2 is 1.77 bits per heavy atom. The first kappa shape index (κ1) is 30.5. The van der Waals surface area contributed by atoms with E-state index in [1.54, 1.807) is 44.4 Å². The SMILES string of the molecule is COCCCN(CC(=O)N(CCc1ccc(OC)c(OC)c1)Cc1ccco1)C(=O)c1ccc([N+](=O)[O-])cc1Cl. The molecule has 0 spiro atoms. The van der Waals surface area contributed by atoms with Crippen LogP contribution in [0.3, 0.4) is 0 Å². The zero-order chi connectivity index (χ0) is 29.1. The van der Waals surface area contributed by atoms with Gasteiger partial charge in [-0.1, -0.05) is 17.7 Å². The van der Waals surface area contributed by atoms with Crippen LogP contribution in [0.25, 0.3) is 0 Å². The molecule has 40 heavy (non-hydrogen) atoms. The van der Waals surface area contributed by atoms with Crippen LogP contribution in [0.4, 0.5) is 5.69 Å². The predicted molar refractivity (Wildman–Crippen MR) is 148 cm³/mol. The molecule has 0 aliphatic heterocycles. The molecule has 0 unspecified atom stereocenters. The van der Waals surface area contributed by atoms with Gasteiger partial charge in [0, 0.05) is 38.9 Å². The predicted octanol–water partition coefficient (Wildman–Crippen LogP) is 4.61. The van der Waals surface area contributed by atoms with Gasteiger partial charge in [-0.2, -0.15) is 0 Å². The number of non-ortho nitro benzene ring substituents is 1. The lowest BCUT2D eigenvalue weighted by atomic mass is 10.1. The number of methoxy groups -OCH3 is 3. The highest BCUT2D eigenvalue weighted by Gasteiger charge is 2.25. The average Bonchev–Trinajstić information content (AvgIpc) is 3.47. The van der Waals surface area contributed by atoms with E-state index in [0.29, 0.717) is 43.3 Å². The minimum atomic E-state index is -0.592. The van der Waals surface area contributed by atoms with Crippen LogP contribution in [0.15, 0.2) is 59.2 Å². The largest absolute Gasteiger partial charge is 0.493 e. The zero-order valence-corrected chi connectivity index (χ0v) is 23.4. The number of nitro groups is 1. The number of furan rings is 1. The highest BCUT2D eigenvalue weighted by molar-refractivity contribution is 6.34. The summed E-state index contributed by atoms with van der Waals surface area (Å²) in [6.45, 7) is 0.908. The minimum Gasteiger partial charge on any atom is -0.493 e. The molecule has 1 aromatic heterocycles. The molecule has 214 valence electrons. The number of nitrogens with zero attached hydrogens (tertiary/aromatic N) is 3. The first-order valence-corrected chi connectivity index (χ1v) is 12.9. The Balaban J connectivity index is 1.81. The van der Waals surface area contributed by atoms with Crippen molar-refractivity contribution in [1.29, 1.82) is 0 Å². The van der Waals surface area contributed by atoms with Crippen LogP contribution in [0.5, 0.6) is 11.5 Å². The molecule has 12 heteroatoms. The lowest BCUT2D eigenvalue weighted by molar-refractivity contribution is -0.384.